The Morgan fingerprint density at radius 1 is 1.29 bits per heavy atom. The summed E-state index contributed by atoms with van der Waals surface area (Å²) in [6.07, 6.45) is 3.08. The van der Waals surface area contributed by atoms with Crippen LogP contribution in [-0.2, 0) is 0 Å². The van der Waals surface area contributed by atoms with Crippen LogP contribution in [0.25, 0.3) is 0 Å². The Morgan fingerprint density at radius 2 is 2.12 bits per heavy atom. The SMILES string of the molecule is O=C(Nc1ccc(Br)nc1)c1cccnc1Cl. The summed E-state index contributed by atoms with van der Waals surface area (Å²) in [5.41, 5.74) is 0.926. The van der Waals surface area contributed by atoms with E-state index in [1.54, 1.807) is 30.5 Å². The smallest absolute Gasteiger partial charge is 0.258 e. The third-order valence-electron chi connectivity index (χ3n) is 1.99. The molecule has 2 rings (SSSR count). The minimum absolute atomic E-state index is 0.176. The number of carbonyl (C=O) groups is 1. The van der Waals surface area contributed by atoms with Gasteiger partial charge in [0.2, 0.25) is 0 Å². The number of aromatic nitrogens is 2. The molecular formula is C11H7BrClN3O. The van der Waals surface area contributed by atoms with Gasteiger partial charge in [-0.25, -0.2) is 9.97 Å². The molecule has 2 aromatic rings. The van der Waals surface area contributed by atoms with Crippen LogP contribution in [0.5, 0.6) is 0 Å². The van der Waals surface area contributed by atoms with Gasteiger partial charge in [0.25, 0.3) is 5.91 Å². The summed E-state index contributed by atoms with van der Waals surface area (Å²) in [4.78, 5) is 19.7. The van der Waals surface area contributed by atoms with Crippen molar-refractivity contribution in [3.05, 3.63) is 52.0 Å². The summed E-state index contributed by atoms with van der Waals surface area (Å²) in [5, 5.41) is 2.86. The molecule has 0 unspecified atom stereocenters. The molecule has 0 atom stereocenters. The average Bonchev–Trinajstić information content (AvgIpc) is 2.32. The van der Waals surface area contributed by atoms with Gasteiger partial charge in [-0.05, 0) is 40.2 Å². The molecule has 0 bridgehead atoms. The number of pyridine rings is 2. The van der Waals surface area contributed by atoms with E-state index in [4.69, 9.17) is 11.6 Å². The number of carbonyl (C=O) groups excluding carboxylic acids is 1. The summed E-state index contributed by atoms with van der Waals surface area (Å²) >= 11 is 9.03. The molecule has 0 saturated heterocycles. The number of rotatable bonds is 2. The van der Waals surface area contributed by atoms with Crippen molar-refractivity contribution < 1.29 is 4.79 Å². The Labute approximate surface area is 111 Å². The third kappa shape index (κ3) is 3.01. The van der Waals surface area contributed by atoms with Crippen molar-refractivity contribution in [3.8, 4) is 0 Å². The van der Waals surface area contributed by atoms with Gasteiger partial charge in [0.05, 0.1) is 17.4 Å². The maximum atomic E-state index is 11.8. The minimum atomic E-state index is -0.313. The minimum Gasteiger partial charge on any atom is -0.320 e. The molecule has 0 aliphatic rings. The average molecular weight is 313 g/mol. The molecular weight excluding hydrogens is 305 g/mol. The molecule has 0 spiro atoms. The van der Waals surface area contributed by atoms with E-state index in [0.29, 0.717) is 15.9 Å². The Bertz CT molecular complexity index is 545. The van der Waals surface area contributed by atoms with Crippen LogP contribution in [0.3, 0.4) is 0 Å². The fourth-order valence-electron chi connectivity index (χ4n) is 1.20. The van der Waals surface area contributed by atoms with E-state index >= 15 is 0 Å². The normalized spacial score (nSPS) is 10.0. The van der Waals surface area contributed by atoms with Gasteiger partial charge in [0.1, 0.15) is 9.76 Å². The number of nitrogens with zero attached hydrogens (tertiary/aromatic N) is 2. The Morgan fingerprint density at radius 3 is 2.76 bits per heavy atom. The molecule has 0 aliphatic heterocycles. The van der Waals surface area contributed by atoms with Crippen molar-refractivity contribution in [3.63, 3.8) is 0 Å². The van der Waals surface area contributed by atoms with E-state index in [9.17, 15) is 4.79 Å². The van der Waals surface area contributed by atoms with Gasteiger partial charge in [-0.15, -0.1) is 0 Å². The second-order valence-corrected chi connectivity index (χ2v) is 4.34. The molecule has 0 radical (unpaired) electrons. The highest BCUT2D eigenvalue weighted by Gasteiger charge is 2.10. The lowest BCUT2D eigenvalue weighted by molar-refractivity contribution is 0.102. The molecule has 6 heteroatoms. The number of halogens is 2. The lowest BCUT2D eigenvalue weighted by atomic mass is 10.2. The highest BCUT2D eigenvalue weighted by Crippen LogP contribution is 2.15. The molecule has 1 amide bonds. The number of anilines is 1. The lowest BCUT2D eigenvalue weighted by Crippen LogP contribution is -2.12. The summed E-state index contributed by atoms with van der Waals surface area (Å²) < 4.78 is 0.704. The van der Waals surface area contributed by atoms with Gasteiger partial charge in [-0.2, -0.15) is 0 Å². The van der Waals surface area contributed by atoms with Crippen LogP contribution in [0, 0.1) is 0 Å². The highest BCUT2D eigenvalue weighted by molar-refractivity contribution is 9.10. The Hall–Kier alpha value is -1.46. The maximum Gasteiger partial charge on any atom is 0.258 e. The van der Waals surface area contributed by atoms with E-state index < -0.39 is 0 Å². The first-order valence-electron chi connectivity index (χ1n) is 4.70. The number of hydrogen-bond donors (Lipinski definition) is 1. The molecule has 0 fully saturated rings. The first-order chi connectivity index (χ1) is 8.16. The zero-order valence-electron chi connectivity index (χ0n) is 8.52. The molecule has 1 N–H and O–H groups in total. The van der Waals surface area contributed by atoms with E-state index in [1.807, 2.05) is 0 Å². The molecule has 4 nitrogen and oxygen atoms in total. The monoisotopic (exact) mass is 311 g/mol. The summed E-state index contributed by atoms with van der Waals surface area (Å²) in [6, 6.07) is 6.73. The van der Waals surface area contributed by atoms with Crippen LogP contribution in [0.4, 0.5) is 5.69 Å². The molecule has 2 aromatic heterocycles. The predicted molar refractivity (Wildman–Crippen MR) is 69.1 cm³/mol. The van der Waals surface area contributed by atoms with Crippen molar-refractivity contribution in [2.75, 3.05) is 5.32 Å². The van der Waals surface area contributed by atoms with Crippen LogP contribution < -0.4 is 5.32 Å². The van der Waals surface area contributed by atoms with Crippen LogP contribution in [0.1, 0.15) is 10.4 Å². The zero-order valence-corrected chi connectivity index (χ0v) is 10.9. The van der Waals surface area contributed by atoms with Gasteiger partial charge in [-0.1, -0.05) is 11.6 Å². The van der Waals surface area contributed by atoms with Crippen molar-refractivity contribution >= 4 is 39.1 Å². The van der Waals surface area contributed by atoms with E-state index in [1.165, 1.54) is 6.20 Å². The third-order valence-corrected chi connectivity index (χ3v) is 2.76. The largest absolute Gasteiger partial charge is 0.320 e. The number of nitrogens with one attached hydrogen (secondary N) is 1. The van der Waals surface area contributed by atoms with Crippen LogP contribution in [-0.4, -0.2) is 15.9 Å². The predicted octanol–water partition coefficient (Wildman–Crippen LogP) is 3.14. The Kier molecular flexibility index (Phi) is 3.71. The highest BCUT2D eigenvalue weighted by atomic mass is 79.9. The van der Waals surface area contributed by atoms with Gasteiger partial charge < -0.3 is 5.32 Å². The van der Waals surface area contributed by atoms with Crippen molar-refractivity contribution in [1.29, 1.82) is 0 Å². The fourth-order valence-corrected chi connectivity index (χ4v) is 1.64. The van der Waals surface area contributed by atoms with Crippen LogP contribution in [0.15, 0.2) is 41.3 Å². The van der Waals surface area contributed by atoms with E-state index in [2.05, 4.69) is 31.2 Å². The van der Waals surface area contributed by atoms with Gasteiger partial charge >= 0.3 is 0 Å². The van der Waals surface area contributed by atoms with Crippen molar-refractivity contribution in [2.24, 2.45) is 0 Å². The zero-order chi connectivity index (χ0) is 12.3. The van der Waals surface area contributed by atoms with Crippen LogP contribution >= 0.6 is 27.5 Å². The van der Waals surface area contributed by atoms with Gasteiger partial charge in [-0.3, -0.25) is 4.79 Å². The molecule has 2 heterocycles. The first kappa shape index (κ1) is 12.0. The molecule has 0 aliphatic carbocycles. The summed E-state index contributed by atoms with van der Waals surface area (Å²) in [7, 11) is 0. The molecule has 0 saturated carbocycles. The van der Waals surface area contributed by atoms with Crippen molar-refractivity contribution in [1.82, 2.24) is 9.97 Å². The van der Waals surface area contributed by atoms with Gasteiger partial charge in [0.15, 0.2) is 0 Å². The van der Waals surface area contributed by atoms with E-state index in [-0.39, 0.29) is 11.1 Å². The quantitative estimate of drug-likeness (QED) is 0.867. The topological polar surface area (TPSA) is 54.9 Å². The van der Waals surface area contributed by atoms with Gasteiger partial charge in [0, 0.05) is 6.20 Å². The molecule has 0 aromatic carbocycles. The first-order valence-corrected chi connectivity index (χ1v) is 5.87. The van der Waals surface area contributed by atoms with E-state index in [0.717, 1.165) is 0 Å². The summed E-state index contributed by atoms with van der Waals surface area (Å²) in [5.74, 6) is -0.313. The standard InChI is InChI=1S/C11H7BrClN3O/c12-9-4-3-7(6-15-9)16-11(17)8-2-1-5-14-10(8)13/h1-6H,(H,16,17). The second-order valence-electron chi connectivity index (χ2n) is 3.17. The number of amides is 1. The maximum absolute atomic E-state index is 11.8. The molecule has 17 heavy (non-hydrogen) atoms. The Balaban J connectivity index is 2.17. The second kappa shape index (κ2) is 5.25. The van der Waals surface area contributed by atoms with Crippen LogP contribution in [0.2, 0.25) is 5.15 Å². The molecule has 86 valence electrons. The fraction of sp³-hybridized carbons (Fsp3) is 0. The lowest BCUT2D eigenvalue weighted by Gasteiger charge is -2.05. The summed E-state index contributed by atoms with van der Waals surface area (Å²) in [6.45, 7) is 0. The number of hydrogen-bond acceptors (Lipinski definition) is 3. The van der Waals surface area contributed by atoms with Crippen molar-refractivity contribution in [2.45, 2.75) is 0 Å².